The van der Waals surface area contributed by atoms with Gasteiger partial charge in [-0.25, -0.2) is 0 Å². The molecule has 1 amide bonds. The molecule has 0 radical (unpaired) electrons. The highest BCUT2D eigenvalue weighted by Gasteiger charge is 2.37. The number of rotatable bonds is 2. The number of H-pyrrole nitrogens is 1. The third-order valence-electron chi connectivity index (χ3n) is 4.86. The minimum atomic E-state index is -1.05. The van der Waals surface area contributed by atoms with Crippen molar-refractivity contribution in [2.75, 3.05) is 13.1 Å². The van der Waals surface area contributed by atoms with Crippen LogP contribution in [-0.2, 0) is 5.60 Å². The molecule has 0 unspecified atom stereocenters. The number of hydrogen-bond donors (Lipinski definition) is 2. The highest BCUT2D eigenvalue weighted by molar-refractivity contribution is 5.95. The third-order valence-corrected chi connectivity index (χ3v) is 4.86. The van der Waals surface area contributed by atoms with Gasteiger partial charge < -0.3 is 15.0 Å². The van der Waals surface area contributed by atoms with Crippen LogP contribution in [0.3, 0.4) is 0 Å². The Labute approximate surface area is 150 Å². The molecule has 7 nitrogen and oxygen atoms in total. The van der Waals surface area contributed by atoms with Gasteiger partial charge in [-0.3, -0.25) is 14.6 Å². The van der Waals surface area contributed by atoms with Crippen LogP contribution in [0.5, 0.6) is 0 Å². The Morgan fingerprint density at radius 1 is 1.35 bits per heavy atom. The molecule has 1 saturated heterocycles. The van der Waals surface area contributed by atoms with Crippen LogP contribution in [-0.4, -0.2) is 39.0 Å². The monoisotopic (exact) mass is 352 g/mol. The van der Waals surface area contributed by atoms with E-state index in [9.17, 15) is 14.7 Å². The van der Waals surface area contributed by atoms with Crippen molar-refractivity contribution in [3.63, 3.8) is 0 Å². The minimum Gasteiger partial charge on any atom is -0.383 e. The Morgan fingerprint density at radius 2 is 2.04 bits per heavy atom. The number of nitriles is 1. The van der Waals surface area contributed by atoms with Crippen molar-refractivity contribution in [3.05, 3.63) is 62.8 Å². The van der Waals surface area contributed by atoms with E-state index < -0.39 is 11.2 Å². The summed E-state index contributed by atoms with van der Waals surface area (Å²) in [4.78, 5) is 32.9. The van der Waals surface area contributed by atoms with Crippen molar-refractivity contribution in [2.45, 2.75) is 32.3 Å². The van der Waals surface area contributed by atoms with Gasteiger partial charge in [-0.2, -0.15) is 5.26 Å². The Balaban J connectivity index is 1.78. The first-order valence-corrected chi connectivity index (χ1v) is 8.43. The van der Waals surface area contributed by atoms with Crippen LogP contribution in [0.4, 0.5) is 0 Å². The molecule has 0 aromatic carbocycles. The van der Waals surface area contributed by atoms with Gasteiger partial charge in [-0.05, 0) is 44.4 Å². The maximum Gasteiger partial charge on any atom is 0.266 e. The summed E-state index contributed by atoms with van der Waals surface area (Å²) < 4.78 is 0. The van der Waals surface area contributed by atoms with Gasteiger partial charge >= 0.3 is 0 Å². The maximum absolute atomic E-state index is 12.8. The van der Waals surface area contributed by atoms with Crippen LogP contribution in [0, 0.1) is 25.2 Å². The molecule has 0 aliphatic carbocycles. The molecule has 0 spiro atoms. The topological polar surface area (TPSA) is 110 Å². The summed E-state index contributed by atoms with van der Waals surface area (Å²) in [7, 11) is 0. The number of aliphatic hydroxyl groups is 1. The Bertz CT molecular complexity index is 933. The standard InChI is InChI=1S/C19H20N4O3/c1-12-3-4-16(21-11-12)19(26)5-7-23(8-6-19)18(25)15-9-14(10-20)17(24)22-13(15)2/h3-4,9,11,26H,5-8H2,1-2H3,(H,22,24). The van der Waals surface area contributed by atoms with E-state index in [4.69, 9.17) is 5.26 Å². The second-order valence-electron chi connectivity index (χ2n) is 6.71. The smallest absolute Gasteiger partial charge is 0.266 e. The predicted octanol–water partition coefficient (Wildman–Crippen LogP) is 1.38. The number of carbonyl (C=O) groups is 1. The number of aromatic amines is 1. The molecule has 26 heavy (non-hydrogen) atoms. The first-order chi connectivity index (χ1) is 12.3. The molecule has 134 valence electrons. The molecule has 3 heterocycles. The van der Waals surface area contributed by atoms with E-state index in [-0.39, 0.29) is 11.5 Å². The summed E-state index contributed by atoms with van der Waals surface area (Å²) in [6.45, 7) is 4.30. The van der Waals surface area contributed by atoms with Crippen molar-refractivity contribution >= 4 is 5.91 Å². The van der Waals surface area contributed by atoms with Crippen LogP contribution in [0.15, 0.2) is 29.2 Å². The summed E-state index contributed by atoms with van der Waals surface area (Å²) in [6.07, 6.45) is 2.47. The van der Waals surface area contributed by atoms with Gasteiger partial charge in [0.25, 0.3) is 11.5 Å². The zero-order valence-electron chi connectivity index (χ0n) is 14.7. The van der Waals surface area contributed by atoms with Crippen molar-refractivity contribution in [1.29, 1.82) is 5.26 Å². The van der Waals surface area contributed by atoms with E-state index in [0.717, 1.165) is 5.56 Å². The molecule has 3 rings (SSSR count). The summed E-state index contributed by atoms with van der Waals surface area (Å²) in [5, 5.41) is 19.9. The number of hydrogen-bond acceptors (Lipinski definition) is 5. The number of nitrogens with zero attached hydrogens (tertiary/aromatic N) is 3. The normalized spacial score (nSPS) is 16.2. The van der Waals surface area contributed by atoms with Crippen LogP contribution in [0.2, 0.25) is 0 Å². The van der Waals surface area contributed by atoms with Gasteiger partial charge in [0.05, 0.1) is 11.3 Å². The van der Waals surface area contributed by atoms with Gasteiger partial charge in [0, 0.05) is 25.0 Å². The molecule has 2 aromatic rings. The number of aryl methyl sites for hydroxylation is 2. The Kier molecular flexibility index (Phi) is 4.62. The second-order valence-corrected chi connectivity index (χ2v) is 6.71. The van der Waals surface area contributed by atoms with E-state index in [1.54, 1.807) is 24.1 Å². The first-order valence-electron chi connectivity index (χ1n) is 8.43. The lowest BCUT2D eigenvalue weighted by Gasteiger charge is -2.38. The van der Waals surface area contributed by atoms with Gasteiger partial charge in [0.15, 0.2) is 0 Å². The lowest BCUT2D eigenvalue weighted by molar-refractivity contribution is -0.0244. The average Bonchev–Trinajstić information content (AvgIpc) is 2.62. The van der Waals surface area contributed by atoms with E-state index in [1.807, 2.05) is 19.1 Å². The summed E-state index contributed by atoms with van der Waals surface area (Å²) in [5.41, 5.74) is 0.730. The van der Waals surface area contributed by atoms with Gasteiger partial charge in [0.1, 0.15) is 17.2 Å². The first kappa shape index (κ1) is 17.8. The van der Waals surface area contributed by atoms with Crippen molar-refractivity contribution in [3.8, 4) is 6.07 Å². The molecule has 2 N–H and O–H groups in total. The van der Waals surface area contributed by atoms with Gasteiger partial charge in [-0.1, -0.05) is 6.07 Å². The lowest BCUT2D eigenvalue weighted by Crippen LogP contribution is -2.45. The van der Waals surface area contributed by atoms with E-state index >= 15 is 0 Å². The Hall–Kier alpha value is -2.98. The number of pyridine rings is 2. The molecular weight excluding hydrogens is 332 g/mol. The number of likely N-dealkylation sites (tertiary alicyclic amines) is 1. The molecule has 7 heteroatoms. The fourth-order valence-corrected chi connectivity index (χ4v) is 3.18. The SMILES string of the molecule is Cc1ccc(C2(O)CCN(C(=O)c3cc(C#N)c(=O)[nH]c3C)CC2)nc1. The molecule has 1 fully saturated rings. The fraction of sp³-hybridized carbons (Fsp3) is 0.368. The highest BCUT2D eigenvalue weighted by atomic mass is 16.3. The third kappa shape index (κ3) is 3.24. The molecular formula is C19H20N4O3. The summed E-state index contributed by atoms with van der Waals surface area (Å²) in [6, 6.07) is 6.85. The Morgan fingerprint density at radius 3 is 2.62 bits per heavy atom. The second kappa shape index (κ2) is 6.73. The number of amides is 1. The zero-order valence-corrected chi connectivity index (χ0v) is 14.7. The van der Waals surface area contributed by atoms with Gasteiger partial charge in [0.2, 0.25) is 0 Å². The van der Waals surface area contributed by atoms with Crippen molar-refractivity contribution in [1.82, 2.24) is 14.9 Å². The summed E-state index contributed by atoms with van der Waals surface area (Å²) >= 11 is 0. The van der Waals surface area contributed by atoms with Crippen LogP contribution in [0.25, 0.3) is 0 Å². The van der Waals surface area contributed by atoms with E-state index in [1.165, 1.54) is 6.07 Å². The number of piperidine rings is 1. The lowest BCUT2D eigenvalue weighted by atomic mass is 9.87. The molecule has 0 saturated carbocycles. The number of nitrogens with one attached hydrogen (secondary N) is 1. The minimum absolute atomic E-state index is 0.0867. The highest BCUT2D eigenvalue weighted by Crippen LogP contribution is 2.32. The van der Waals surface area contributed by atoms with E-state index in [0.29, 0.717) is 42.9 Å². The molecule has 2 aromatic heterocycles. The van der Waals surface area contributed by atoms with Gasteiger partial charge in [-0.15, -0.1) is 0 Å². The molecule has 0 atom stereocenters. The molecule has 1 aliphatic heterocycles. The van der Waals surface area contributed by atoms with Crippen molar-refractivity contribution in [2.24, 2.45) is 0 Å². The zero-order chi connectivity index (χ0) is 18.9. The number of aromatic nitrogens is 2. The van der Waals surface area contributed by atoms with Crippen molar-refractivity contribution < 1.29 is 9.90 Å². The molecule has 1 aliphatic rings. The van der Waals surface area contributed by atoms with Crippen LogP contribution >= 0.6 is 0 Å². The molecule has 0 bridgehead atoms. The predicted molar refractivity (Wildman–Crippen MR) is 94.5 cm³/mol. The number of carbonyl (C=O) groups excluding carboxylic acids is 1. The summed E-state index contributed by atoms with van der Waals surface area (Å²) in [5.74, 6) is -0.255. The quantitative estimate of drug-likeness (QED) is 0.848. The van der Waals surface area contributed by atoms with E-state index in [2.05, 4.69) is 9.97 Å². The maximum atomic E-state index is 12.8. The van der Waals surface area contributed by atoms with Crippen LogP contribution < -0.4 is 5.56 Å². The average molecular weight is 352 g/mol. The fourth-order valence-electron chi connectivity index (χ4n) is 3.18. The largest absolute Gasteiger partial charge is 0.383 e. The van der Waals surface area contributed by atoms with Crippen LogP contribution in [0.1, 0.15) is 45.7 Å².